The number of anilines is 1. The van der Waals surface area contributed by atoms with E-state index < -0.39 is 0 Å². The summed E-state index contributed by atoms with van der Waals surface area (Å²) in [7, 11) is 0. The van der Waals surface area contributed by atoms with E-state index in [9.17, 15) is 4.39 Å². The van der Waals surface area contributed by atoms with Gasteiger partial charge >= 0.3 is 0 Å². The molecule has 0 amide bonds. The first-order chi connectivity index (χ1) is 8.25. The Kier molecular flexibility index (Phi) is 4.63. The smallest absolute Gasteiger partial charge is 0.124 e. The normalized spacial score (nSPS) is 17.1. The average Bonchev–Trinajstić information content (AvgIpc) is 2.33. The second kappa shape index (κ2) is 6.22. The molecule has 1 aliphatic heterocycles. The predicted octanol–water partition coefficient (Wildman–Crippen LogP) is 3.38. The quantitative estimate of drug-likeness (QED) is 0.889. The molecule has 1 aliphatic rings. The number of nitrogens with zero attached hydrogens (tertiary/aromatic N) is 1. The second-order valence-electron chi connectivity index (χ2n) is 4.45. The third-order valence-corrected chi connectivity index (χ3v) is 3.44. The zero-order valence-corrected chi connectivity index (χ0v) is 10.6. The van der Waals surface area contributed by atoms with Gasteiger partial charge in [0.1, 0.15) is 5.82 Å². The van der Waals surface area contributed by atoms with E-state index >= 15 is 0 Å². The van der Waals surface area contributed by atoms with Gasteiger partial charge < -0.3 is 10.2 Å². The molecule has 17 heavy (non-hydrogen) atoms. The molecule has 0 atom stereocenters. The summed E-state index contributed by atoms with van der Waals surface area (Å²) in [4.78, 5) is 2.45. The number of hydrogen-bond donors (Lipinski definition) is 1. The Hall–Kier alpha value is -0.800. The summed E-state index contributed by atoms with van der Waals surface area (Å²) in [5, 5.41) is 3.69. The van der Waals surface area contributed by atoms with E-state index in [1.54, 1.807) is 6.07 Å². The lowest BCUT2D eigenvalue weighted by molar-refractivity contribution is 0.237. The molecular weight excluding hydrogens is 239 g/mol. The first kappa shape index (κ1) is 12.7. The van der Waals surface area contributed by atoms with Gasteiger partial charge in [0.25, 0.3) is 0 Å². The zero-order chi connectivity index (χ0) is 12.1. The molecule has 0 unspecified atom stereocenters. The first-order valence-electron chi connectivity index (χ1n) is 6.17. The molecule has 94 valence electrons. The molecule has 0 spiro atoms. The van der Waals surface area contributed by atoms with Gasteiger partial charge in [0.2, 0.25) is 0 Å². The molecule has 1 aromatic rings. The third kappa shape index (κ3) is 3.86. The molecule has 2 nitrogen and oxygen atoms in total. The predicted molar refractivity (Wildman–Crippen MR) is 70.2 cm³/mol. The van der Waals surface area contributed by atoms with Crippen molar-refractivity contribution in [2.24, 2.45) is 0 Å². The highest BCUT2D eigenvalue weighted by Crippen LogP contribution is 2.22. The molecule has 0 bridgehead atoms. The van der Waals surface area contributed by atoms with Gasteiger partial charge in [0.05, 0.1) is 10.7 Å². The van der Waals surface area contributed by atoms with E-state index in [4.69, 9.17) is 11.6 Å². The fourth-order valence-corrected chi connectivity index (χ4v) is 2.40. The monoisotopic (exact) mass is 256 g/mol. The summed E-state index contributed by atoms with van der Waals surface area (Å²) in [6.45, 7) is 4.26. The van der Waals surface area contributed by atoms with E-state index in [1.807, 2.05) is 0 Å². The number of rotatable bonds is 4. The van der Waals surface area contributed by atoms with Crippen LogP contribution in [0.25, 0.3) is 0 Å². The van der Waals surface area contributed by atoms with Crippen molar-refractivity contribution >= 4 is 17.3 Å². The van der Waals surface area contributed by atoms with Crippen molar-refractivity contribution in [3.8, 4) is 0 Å². The largest absolute Gasteiger partial charge is 0.383 e. The molecule has 2 rings (SSSR count). The number of nitrogens with one attached hydrogen (secondary N) is 1. The van der Waals surface area contributed by atoms with Gasteiger partial charge in [-0.15, -0.1) is 0 Å². The van der Waals surface area contributed by atoms with Gasteiger partial charge in [-0.3, -0.25) is 0 Å². The summed E-state index contributed by atoms with van der Waals surface area (Å²) in [6.07, 6.45) is 3.96. The second-order valence-corrected chi connectivity index (χ2v) is 4.86. The third-order valence-electron chi connectivity index (χ3n) is 3.12. The summed E-state index contributed by atoms with van der Waals surface area (Å²) >= 11 is 5.93. The molecule has 0 aliphatic carbocycles. The molecule has 1 heterocycles. The fraction of sp³-hybridized carbons (Fsp3) is 0.538. The standard InChI is InChI=1S/C13H18ClFN2/c14-12-10-11(15)4-5-13(12)16-6-9-17-7-2-1-3-8-17/h4-5,10,16H,1-3,6-9H2. The zero-order valence-electron chi connectivity index (χ0n) is 9.88. The van der Waals surface area contributed by atoms with Gasteiger partial charge in [-0.25, -0.2) is 4.39 Å². The van der Waals surface area contributed by atoms with Crippen molar-refractivity contribution in [1.29, 1.82) is 0 Å². The minimum absolute atomic E-state index is 0.295. The molecule has 1 fully saturated rings. The highest BCUT2D eigenvalue weighted by Gasteiger charge is 2.09. The van der Waals surface area contributed by atoms with Crippen LogP contribution in [0, 0.1) is 5.82 Å². The first-order valence-corrected chi connectivity index (χ1v) is 6.55. The minimum atomic E-state index is -0.295. The Bertz CT molecular complexity index is 364. The summed E-state index contributed by atoms with van der Waals surface area (Å²) in [5.74, 6) is -0.295. The molecule has 1 aromatic carbocycles. The van der Waals surface area contributed by atoms with Crippen LogP contribution < -0.4 is 5.32 Å². The number of benzene rings is 1. The van der Waals surface area contributed by atoms with Gasteiger partial charge in [-0.2, -0.15) is 0 Å². The van der Waals surface area contributed by atoms with E-state index in [2.05, 4.69) is 10.2 Å². The van der Waals surface area contributed by atoms with Gasteiger partial charge in [-0.05, 0) is 44.1 Å². The fourth-order valence-electron chi connectivity index (χ4n) is 2.16. The molecule has 4 heteroatoms. The molecule has 1 saturated heterocycles. The van der Waals surface area contributed by atoms with Crippen LogP contribution in [0.1, 0.15) is 19.3 Å². The summed E-state index contributed by atoms with van der Waals surface area (Å²) < 4.78 is 12.8. The minimum Gasteiger partial charge on any atom is -0.383 e. The van der Waals surface area contributed by atoms with E-state index in [1.165, 1.54) is 44.5 Å². The van der Waals surface area contributed by atoms with Gasteiger partial charge in [0, 0.05) is 13.1 Å². The van der Waals surface area contributed by atoms with Crippen LogP contribution >= 0.6 is 11.6 Å². The van der Waals surface area contributed by atoms with Crippen molar-refractivity contribution in [3.63, 3.8) is 0 Å². The summed E-state index contributed by atoms with van der Waals surface area (Å²) in [5.41, 5.74) is 0.810. The van der Waals surface area contributed by atoms with Crippen molar-refractivity contribution in [1.82, 2.24) is 4.90 Å². The molecule has 0 aromatic heterocycles. The summed E-state index contributed by atoms with van der Waals surface area (Å²) in [6, 6.07) is 4.45. The van der Waals surface area contributed by atoms with Crippen LogP contribution in [0.4, 0.5) is 10.1 Å². The van der Waals surface area contributed by atoms with Crippen LogP contribution in [-0.4, -0.2) is 31.1 Å². The average molecular weight is 257 g/mol. The number of hydrogen-bond acceptors (Lipinski definition) is 2. The number of halogens is 2. The maximum atomic E-state index is 12.8. The van der Waals surface area contributed by atoms with Crippen LogP contribution in [0.2, 0.25) is 5.02 Å². The Morgan fingerprint density at radius 2 is 2.00 bits per heavy atom. The van der Waals surface area contributed by atoms with Crippen molar-refractivity contribution in [2.75, 3.05) is 31.5 Å². The molecular formula is C13H18ClFN2. The van der Waals surface area contributed by atoms with E-state index in [0.29, 0.717) is 5.02 Å². The Balaban J connectivity index is 1.77. The van der Waals surface area contributed by atoms with Crippen molar-refractivity contribution in [2.45, 2.75) is 19.3 Å². The molecule has 0 saturated carbocycles. The Morgan fingerprint density at radius 1 is 1.24 bits per heavy atom. The maximum Gasteiger partial charge on any atom is 0.124 e. The van der Waals surface area contributed by atoms with Crippen LogP contribution in [0.3, 0.4) is 0 Å². The highest BCUT2D eigenvalue weighted by molar-refractivity contribution is 6.33. The highest BCUT2D eigenvalue weighted by atomic mass is 35.5. The number of piperidine rings is 1. The van der Waals surface area contributed by atoms with Crippen LogP contribution in [0.15, 0.2) is 18.2 Å². The van der Waals surface area contributed by atoms with Crippen molar-refractivity contribution in [3.05, 3.63) is 29.0 Å². The van der Waals surface area contributed by atoms with Crippen molar-refractivity contribution < 1.29 is 4.39 Å². The molecule has 0 radical (unpaired) electrons. The number of likely N-dealkylation sites (tertiary alicyclic amines) is 1. The lowest BCUT2D eigenvalue weighted by Crippen LogP contribution is -2.33. The van der Waals surface area contributed by atoms with E-state index in [0.717, 1.165) is 18.8 Å². The Labute approximate surface area is 107 Å². The lowest BCUT2D eigenvalue weighted by atomic mass is 10.1. The topological polar surface area (TPSA) is 15.3 Å². The van der Waals surface area contributed by atoms with Crippen LogP contribution in [0.5, 0.6) is 0 Å². The van der Waals surface area contributed by atoms with Gasteiger partial charge in [0.15, 0.2) is 0 Å². The molecule has 1 N–H and O–H groups in total. The van der Waals surface area contributed by atoms with E-state index in [-0.39, 0.29) is 5.82 Å². The maximum absolute atomic E-state index is 12.8. The Morgan fingerprint density at radius 3 is 2.71 bits per heavy atom. The van der Waals surface area contributed by atoms with Crippen LogP contribution in [-0.2, 0) is 0 Å². The lowest BCUT2D eigenvalue weighted by Gasteiger charge is -2.26. The SMILES string of the molecule is Fc1ccc(NCCN2CCCCC2)c(Cl)c1. The van der Waals surface area contributed by atoms with Gasteiger partial charge in [-0.1, -0.05) is 18.0 Å².